The van der Waals surface area contributed by atoms with Gasteiger partial charge in [0.2, 0.25) is 5.88 Å². The number of halogens is 4. The molecular formula is C28H26F4N2O6. The largest absolute Gasteiger partial charge is 0.461 e. The summed E-state index contributed by atoms with van der Waals surface area (Å²) >= 11 is 0. The minimum absolute atomic E-state index is 0.0840. The predicted molar refractivity (Wildman–Crippen MR) is 134 cm³/mol. The first kappa shape index (κ1) is 28.7. The molecule has 212 valence electrons. The van der Waals surface area contributed by atoms with E-state index in [2.05, 4.69) is 9.72 Å². The molecule has 4 rings (SSSR count). The van der Waals surface area contributed by atoms with Crippen molar-refractivity contribution in [3.63, 3.8) is 0 Å². The van der Waals surface area contributed by atoms with Crippen molar-refractivity contribution in [3.05, 3.63) is 84.1 Å². The van der Waals surface area contributed by atoms with E-state index >= 15 is 0 Å². The standard InChI is InChI=1S/C28H26F4N2O6/c1-27(2,3)40-26(36)34-21(16-17-7-6-8-20(15-17)39-28(31,32)24(29)30)23(38-25(34)35)18-10-12-19(13-11-18)37-22-9-4-5-14-33-22/h4-15,21,23-24H,16H2,1-3H3. The van der Waals surface area contributed by atoms with Crippen molar-refractivity contribution in [2.75, 3.05) is 0 Å². The Kier molecular flexibility index (Phi) is 8.17. The SMILES string of the molecule is CC(C)(C)OC(=O)N1C(=O)OC(c2ccc(Oc3ccccn3)cc2)C1Cc1cccc(OC(F)(F)C(F)F)c1. The molecule has 2 heterocycles. The van der Waals surface area contributed by atoms with Crippen LogP contribution in [0.3, 0.4) is 0 Å². The molecule has 2 atom stereocenters. The van der Waals surface area contributed by atoms with Crippen LogP contribution in [0.4, 0.5) is 27.2 Å². The van der Waals surface area contributed by atoms with Gasteiger partial charge in [0.25, 0.3) is 0 Å². The number of benzene rings is 2. The molecule has 1 saturated heterocycles. The fourth-order valence-electron chi connectivity index (χ4n) is 3.96. The Labute approximate surface area is 227 Å². The van der Waals surface area contributed by atoms with E-state index in [1.807, 2.05) is 0 Å². The number of carbonyl (C=O) groups excluding carboxylic acids is 2. The molecule has 0 bridgehead atoms. The Morgan fingerprint density at radius 3 is 2.38 bits per heavy atom. The second kappa shape index (κ2) is 11.4. The first-order valence-corrected chi connectivity index (χ1v) is 12.2. The number of rotatable bonds is 8. The van der Waals surface area contributed by atoms with Crippen molar-refractivity contribution in [1.82, 2.24) is 9.88 Å². The van der Waals surface area contributed by atoms with Gasteiger partial charge in [-0.05, 0) is 68.7 Å². The van der Waals surface area contributed by atoms with Crippen LogP contribution in [0.15, 0.2) is 72.9 Å². The topological polar surface area (TPSA) is 87.2 Å². The Hall–Kier alpha value is -4.35. The number of imide groups is 1. The van der Waals surface area contributed by atoms with Gasteiger partial charge in [-0.25, -0.2) is 19.5 Å². The van der Waals surface area contributed by atoms with Gasteiger partial charge in [-0.1, -0.05) is 30.3 Å². The molecule has 2 aromatic carbocycles. The third-order valence-electron chi connectivity index (χ3n) is 5.62. The molecule has 1 aromatic heterocycles. The summed E-state index contributed by atoms with van der Waals surface area (Å²) in [7, 11) is 0. The first-order chi connectivity index (χ1) is 18.8. The average molecular weight is 563 g/mol. The van der Waals surface area contributed by atoms with Crippen molar-refractivity contribution >= 4 is 12.2 Å². The first-order valence-electron chi connectivity index (χ1n) is 12.2. The van der Waals surface area contributed by atoms with E-state index in [1.54, 1.807) is 69.4 Å². The smallest absolute Gasteiger partial charge is 0.443 e. The van der Waals surface area contributed by atoms with E-state index in [9.17, 15) is 27.2 Å². The quantitative estimate of drug-likeness (QED) is 0.270. The zero-order chi connectivity index (χ0) is 29.1. The number of alkyl halides is 4. The molecule has 40 heavy (non-hydrogen) atoms. The predicted octanol–water partition coefficient (Wildman–Crippen LogP) is 7.15. The molecule has 1 aliphatic rings. The maximum Gasteiger partial charge on any atom is 0.461 e. The zero-order valence-electron chi connectivity index (χ0n) is 21.7. The van der Waals surface area contributed by atoms with Crippen LogP contribution in [0.2, 0.25) is 0 Å². The summed E-state index contributed by atoms with van der Waals surface area (Å²) in [5.74, 6) is 0.317. The van der Waals surface area contributed by atoms with E-state index < -0.39 is 48.2 Å². The van der Waals surface area contributed by atoms with E-state index in [4.69, 9.17) is 14.2 Å². The van der Waals surface area contributed by atoms with Crippen molar-refractivity contribution in [2.24, 2.45) is 0 Å². The van der Waals surface area contributed by atoms with Crippen molar-refractivity contribution in [3.8, 4) is 17.4 Å². The Morgan fingerprint density at radius 2 is 1.75 bits per heavy atom. The zero-order valence-corrected chi connectivity index (χ0v) is 21.7. The molecule has 2 unspecified atom stereocenters. The third kappa shape index (κ3) is 6.99. The number of hydrogen-bond donors (Lipinski definition) is 0. The molecule has 0 saturated carbocycles. The molecule has 8 nitrogen and oxygen atoms in total. The normalized spacial score (nSPS) is 17.5. The van der Waals surface area contributed by atoms with Crippen LogP contribution in [-0.4, -0.2) is 46.2 Å². The number of nitrogens with zero attached hydrogens (tertiary/aromatic N) is 2. The molecule has 0 N–H and O–H groups in total. The summed E-state index contributed by atoms with van der Waals surface area (Å²) in [6.45, 7) is 4.88. The number of carbonyl (C=O) groups is 2. The minimum Gasteiger partial charge on any atom is -0.443 e. The maximum absolute atomic E-state index is 13.5. The summed E-state index contributed by atoms with van der Waals surface area (Å²) < 4.78 is 73.1. The number of aromatic nitrogens is 1. The van der Waals surface area contributed by atoms with E-state index in [0.717, 1.165) is 17.0 Å². The Morgan fingerprint density at radius 1 is 1.02 bits per heavy atom. The lowest BCUT2D eigenvalue weighted by molar-refractivity contribution is -0.253. The number of amides is 2. The van der Waals surface area contributed by atoms with Crippen LogP contribution < -0.4 is 9.47 Å². The van der Waals surface area contributed by atoms with Crippen LogP contribution in [-0.2, 0) is 15.9 Å². The Bertz CT molecular complexity index is 1330. The monoisotopic (exact) mass is 562 g/mol. The summed E-state index contributed by atoms with van der Waals surface area (Å²) in [6, 6.07) is 15.8. The lowest BCUT2D eigenvalue weighted by Crippen LogP contribution is -2.43. The minimum atomic E-state index is -4.70. The van der Waals surface area contributed by atoms with E-state index in [1.165, 1.54) is 12.1 Å². The van der Waals surface area contributed by atoms with Crippen molar-refractivity contribution in [2.45, 2.75) is 57.5 Å². The van der Waals surface area contributed by atoms with E-state index in [-0.39, 0.29) is 6.42 Å². The van der Waals surface area contributed by atoms with Gasteiger partial charge in [0.15, 0.2) is 6.10 Å². The molecule has 0 aliphatic carbocycles. The third-order valence-corrected chi connectivity index (χ3v) is 5.62. The number of cyclic esters (lactones) is 1. The molecule has 2 amide bonds. The lowest BCUT2D eigenvalue weighted by atomic mass is 9.95. The summed E-state index contributed by atoms with van der Waals surface area (Å²) in [5.41, 5.74) is -0.104. The van der Waals surface area contributed by atoms with Gasteiger partial charge in [-0.15, -0.1) is 0 Å². The molecule has 0 radical (unpaired) electrons. The highest BCUT2D eigenvalue weighted by Crippen LogP contribution is 2.37. The van der Waals surface area contributed by atoms with Crippen molar-refractivity contribution in [1.29, 1.82) is 0 Å². The van der Waals surface area contributed by atoms with Crippen LogP contribution in [0, 0.1) is 0 Å². The molecule has 3 aromatic rings. The van der Waals surface area contributed by atoms with Crippen LogP contribution in [0.1, 0.15) is 38.0 Å². The lowest BCUT2D eigenvalue weighted by Gasteiger charge is -2.27. The van der Waals surface area contributed by atoms with Crippen LogP contribution in [0.25, 0.3) is 0 Å². The van der Waals surface area contributed by atoms with Gasteiger partial charge >= 0.3 is 24.7 Å². The summed E-state index contributed by atoms with van der Waals surface area (Å²) in [4.78, 5) is 30.8. The molecular weight excluding hydrogens is 536 g/mol. The van der Waals surface area contributed by atoms with Crippen molar-refractivity contribution < 1.29 is 46.1 Å². The number of pyridine rings is 1. The number of hydrogen-bond acceptors (Lipinski definition) is 7. The van der Waals surface area contributed by atoms with Gasteiger partial charge in [-0.3, -0.25) is 0 Å². The van der Waals surface area contributed by atoms with E-state index in [0.29, 0.717) is 22.8 Å². The Balaban J connectivity index is 1.62. The second-order valence-electron chi connectivity index (χ2n) is 9.88. The van der Waals surface area contributed by atoms with Crippen LogP contribution >= 0.6 is 0 Å². The number of ether oxygens (including phenoxy) is 4. The highest BCUT2D eigenvalue weighted by molar-refractivity contribution is 5.90. The molecule has 1 fully saturated rings. The van der Waals surface area contributed by atoms with Gasteiger partial charge in [0.1, 0.15) is 17.1 Å². The summed E-state index contributed by atoms with van der Waals surface area (Å²) in [6.07, 6.45) is -10.1. The van der Waals surface area contributed by atoms with Gasteiger partial charge in [-0.2, -0.15) is 17.6 Å². The fraction of sp³-hybridized carbons (Fsp3) is 0.321. The van der Waals surface area contributed by atoms with Gasteiger partial charge in [0.05, 0.1) is 6.04 Å². The molecule has 0 spiro atoms. The maximum atomic E-state index is 13.5. The molecule has 1 aliphatic heterocycles. The highest BCUT2D eigenvalue weighted by Gasteiger charge is 2.48. The van der Waals surface area contributed by atoms with Gasteiger partial charge < -0.3 is 18.9 Å². The highest BCUT2D eigenvalue weighted by atomic mass is 19.3. The second-order valence-corrected chi connectivity index (χ2v) is 9.88. The summed E-state index contributed by atoms with van der Waals surface area (Å²) in [5, 5.41) is 0. The van der Waals surface area contributed by atoms with Gasteiger partial charge in [0, 0.05) is 12.3 Å². The fourth-order valence-corrected chi connectivity index (χ4v) is 3.96. The van der Waals surface area contributed by atoms with Crippen LogP contribution in [0.5, 0.6) is 17.4 Å². The molecule has 12 heteroatoms. The average Bonchev–Trinajstić information content (AvgIpc) is 3.19.